The first-order chi connectivity index (χ1) is 8.74. The normalized spacial score (nSPS) is 14.5. The zero-order valence-electron chi connectivity index (χ0n) is 10.4. The summed E-state index contributed by atoms with van der Waals surface area (Å²) in [6, 6.07) is 8.13. The minimum Gasteiger partial charge on any atom is -0.356 e. The van der Waals surface area contributed by atoms with Crippen LogP contribution < -0.4 is 10.6 Å². The molecule has 98 valence electrons. The Labute approximate surface area is 113 Å². The van der Waals surface area contributed by atoms with E-state index in [4.69, 9.17) is 11.6 Å². The van der Waals surface area contributed by atoms with Crippen molar-refractivity contribution in [2.75, 3.05) is 13.1 Å². The Bertz CT molecular complexity index is 387. The minimum absolute atomic E-state index is 0.0729. The quantitative estimate of drug-likeness (QED) is 0.743. The number of hydrogen-bond acceptors (Lipinski definition) is 2. The molecular weight excluding hydrogens is 248 g/mol. The van der Waals surface area contributed by atoms with Crippen LogP contribution in [0.5, 0.6) is 0 Å². The first-order valence-corrected chi connectivity index (χ1v) is 6.86. The van der Waals surface area contributed by atoms with Crippen LogP contribution in [-0.4, -0.2) is 25.0 Å². The van der Waals surface area contributed by atoms with Gasteiger partial charge in [0.25, 0.3) is 0 Å². The smallest absolute Gasteiger partial charge is 0.224 e. The number of nitrogens with one attached hydrogen (secondary N) is 2. The third kappa shape index (κ3) is 5.07. The number of amides is 1. The molecule has 1 fully saturated rings. The molecule has 1 saturated carbocycles. The Kier molecular flexibility index (Phi) is 5.02. The van der Waals surface area contributed by atoms with Crippen molar-refractivity contribution in [1.29, 1.82) is 0 Å². The summed E-state index contributed by atoms with van der Waals surface area (Å²) in [5.74, 6) is 0.0729. The lowest BCUT2D eigenvalue weighted by Crippen LogP contribution is -2.29. The molecule has 1 aromatic rings. The number of carbonyl (C=O) groups is 1. The lowest BCUT2D eigenvalue weighted by molar-refractivity contribution is -0.120. The van der Waals surface area contributed by atoms with Gasteiger partial charge >= 0.3 is 0 Å². The molecule has 3 nitrogen and oxygen atoms in total. The molecule has 2 N–H and O–H groups in total. The maximum Gasteiger partial charge on any atom is 0.224 e. The summed E-state index contributed by atoms with van der Waals surface area (Å²) in [6.07, 6.45) is 4.03. The number of halogens is 1. The van der Waals surface area contributed by atoms with Gasteiger partial charge in [-0.25, -0.2) is 0 Å². The fourth-order valence-electron chi connectivity index (χ4n) is 1.76. The Balaban J connectivity index is 1.57. The predicted molar refractivity (Wildman–Crippen MR) is 73.8 cm³/mol. The van der Waals surface area contributed by atoms with Gasteiger partial charge in [0.2, 0.25) is 5.91 Å². The predicted octanol–water partition coefficient (Wildman–Crippen LogP) is 2.14. The number of carbonyl (C=O) groups excluding carboxylic acids is 1. The van der Waals surface area contributed by atoms with Crippen LogP contribution in [0.25, 0.3) is 0 Å². The highest BCUT2D eigenvalue weighted by Gasteiger charge is 2.19. The van der Waals surface area contributed by atoms with E-state index in [1.165, 1.54) is 12.8 Å². The third-order valence-corrected chi connectivity index (χ3v) is 3.22. The maximum atomic E-state index is 11.6. The molecular formula is C14H19ClN2O. The van der Waals surface area contributed by atoms with E-state index in [9.17, 15) is 4.79 Å². The molecule has 0 atom stereocenters. The van der Waals surface area contributed by atoms with E-state index in [2.05, 4.69) is 10.6 Å². The zero-order valence-corrected chi connectivity index (χ0v) is 11.2. The number of benzene rings is 1. The van der Waals surface area contributed by atoms with Crippen LogP contribution in [0.2, 0.25) is 5.02 Å². The van der Waals surface area contributed by atoms with Crippen molar-refractivity contribution in [3.05, 3.63) is 34.9 Å². The summed E-state index contributed by atoms with van der Waals surface area (Å²) in [5, 5.41) is 7.05. The van der Waals surface area contributed by atoms with Crippen LogP contribution in [0, 0.1) is 0 Å². The second-order valence-electron chi connectivity index (χ2n) is 4.74. The van der Waals surface area contributed by atoms with Gasteiger partial charge in [-0.2, -0.15) is 0 Å². The van der Waals surface area contributed by atoms with Crippen LogP contribution in [0.15, 0.2) is 24.3 Å². The SMILES string of the molecule is O=C(Cc1ccc(Cl)cc1)NCCCNC1CC1. The molecule has 0 aromatic heterocycles. The standard InChI is InChI=1S/C14H19ClN2O/c15-12-4-2-11(3-5-12)10-14(18)17-9-1-8-16-13-6-7-13/h2-5,13,16H,1,6-10H2,(H,17,18). The van der Waals surface area contributed by atoms with E-state index in [1.54, 1.807) is 0 Å². The molecule has 0 unspecified atom stereocenters. The van der Waals surface area contributed by atoms with Gasteiger partial charge in [0.15, 0.2) is 0 Å². The molecule has 4 heteroatoms. The van der Waals surface area contributed by atoms with Gasteiger partial charge in [0.1, 0.15) is 0 Å². The summed E-state index contributed by atoms with van der Waals surface area (Å²) in [6.45, 7) is 1.73. The van der Waals surface area contributed by atoms with Crippen molar-refractivity contribution >= 4 is 17.5 Å². The van der Waals surface area contributed by atoms with Gasteiger partial charge in [-0.1, -0.05) is 23.7 Å². The van der Waals surface area contributed by atoms with E-state index in [0.717, 1.165) is 31.1 Å². The third-order valence-electron chi connectivity index (χ3n) is 2.96. The maximum absolute atomic E-state index is 11.6. The molecule has 2 rings (SSSR count). The highest BCUT2D eigenvalue weighted by Crippen LogP contribution is 2.18. The molecule has 0 radical (unpaired) electrons. The van der Waals surface area contributed by atoms with Crippen molar-refractivity contribution in [2.45, 2.75) is 31.7 Å². The minimum atomic E-state index is 0.0729. The second kappa shape index (κ2) is 6.76. The lowest BCUT2D eigenvalue weighted by atomic mass is 10.1. The van der Waals surface area contributed by atoms with E-state index >= 15 is 0 Å². The van der Waals surface area contributed by atoms with E-state index in [-0.39, 0.29) is 5.91 Å². The zero-order chi connectivity index (χ0) is 12.8. The van der Waals surface area contributed by atoms with Crippen LogP contribution in [0.1, 0.15) is 24.8 Å². The summed E-state index contributed by atoms with van der Waals surface area (Å²) in [7, 11) is 0. The fourth-order valence-corrected chi connectivity index (χ4v) is 1.89. The molecule has 0 saturated heterocycles. The fraction of sp³-hybridized carbons (Fsp3) is 0.500. The molecule has 1 aromatic carbocycles. The summed E-state index contributed by atoms with van der Waals surface area (Å²) >= 11 is 5.79. The second-order valence-corrected chi connectivity index (χ2v) is 5.17. The molecule has 0 aliphatic heterocycles. The van der Waals surface area contributed by atoms with Crippen LogP contribution in [-0.2, 0) is 11.2 Å². The molecule has 18 heavy (non-hydrogen) atoms. The first kappa shape index (κ1) is 13.4. The van der Waals surface area contributed by atoms with Gasteiger partial charge in [-0.05, 0) is 43.5 Å². The topological polar surface area (TPSA) is 41.1 Å². The van der Waals surface area contributed by atoms with E-state index in [1.807, 2.05) is 24.3 Å². The van der Waals surface area contributed by atoms with Crippen molar-refractivity contribution in [3.63, 3.8) is 0 Å². The Morgan fingerprint density at radius 2 is 1.94 bits per heavy atom. The molecule has 0 spiro atoms. The molecule has 0 bridgehead atoms. The molecule has 0 heterocycles. The van der Waals surface area contributed by atoms with Crippen molar-refractivity contribution in [1.82, 2.24) is 10.6 Å². The first-order valence-electron chi connectivity index (χ1n) is 6.48. The van der Waals surface area contributed by atoms with Crippen molar-refractivity contribution in [3.8, 4) is 0 Å². The Hall–Kier alpha value is -1.06. The van der Waals surface area contributed by atoms with Gasteiger partial charge in [0.05, 0.1) is 6.42 Å². The van der Waals surface area contributed by atoms with Gasteiger partial charge in [0, 0.05) is 17.6 Å². The lowest BCUT2D eigenvalue weighted by Gasteiger charge is -2.06. The summed E-state index contributed by atoms with van der Waals surface area (Å²) in [4.78, 5) is 11.6. The number of hydrogen-bond donors (Lipinski definition) is 2. The van der Waals surface area contributed by atoms with Crippen molar-refractivity contribution < 1.29 is 4.79 Å². The highest BCUT2D eigenvalue weighted by molar-refractivity contribution is 6.30. The number of rotatable bonds is 7. The largest absolute Gasteiger partial charge is 0.356 e. The highest BCUT2D eigenvalue weighted by atomic mass is 35.5. The molecule has 1 amide bonds. The summed E-state index contributed by atoms with van der Waals surface area (Å²) in [5.41, 5.74) is 0.994. The monoisotopic (exact) mass is 266 g/mol. The van der Waals surface area contributed by atoms with E-state index < -0.39 is 0 Å². The van der Waals surface area contributed by atoms with Gasteiger partial charge < -0.3 is 10.6 Å². The van der Waals surface area contributed by atoms with Crippen LogP contribution in [0.3, 0.4) is 0 Å². The Morgan fingerprint density at radius 3 is 2.61 bits per heavy atom. The van der Waals surface area contributed by atoms with Gasteiger partial charge in [-0.3, -0.25) is 4.79 Å². The molecule has 1 aliphatic carbocycles. The Morgan fingerprint density at radius 1 is 1.22 bits per heavy atom. The average molecular weight is 267 g/mol. The van der Waals surface area contributed by atoms with Crippen molar-refractivity contribution in [2.24, 2.45) is 0 Å². The van der Waals surface area contributed by atoms with Crippen LogP contribution >= 0.6 is 11.6 Å². The summed E-state index contributed by atoms with van der Waals surface area (Å²) < 4.78 is 0. The molecule has 1 aliphatic rings. The average Bonchev–Trinajstić information content (AvgIpc) is 3.16. The van der Waals surface area contributed by atoms with Gasteiger partial charge in [-0.15, -0.1) is 0 Å². The van der Waals surface area contributed by atoms with E-state index in [0.29, 0.717) is 11.4 Å². The van der Waals surface area contributed by atoms with Crippen LogP contribution in [0.4, 0.5) is 0 Å².